The lowest BCUT2D eigenvalue weighted by molar-refractivity contribution is -0.216. The summed E-state index contributed by atoms with van der Waals surface area (Å²) in [6, 6.07) is 3.16. The minimum Gasteiger partial charge on any atom is -0.389 e. The number of aromatic nitrogens is 3. The smallest absolute Gasteiger partial charge is 0.389 e. The summed E-state index contributed by atoms with van der Waals surface area (Å²) in [4.78, 5) is 4.21. The van der Waals surface area contributed by atoms with E-state index in [0.717, 1.165) is 22.9 Å². The number of hydrogen-bond donors (Lipinski definition) is 2. The van der Waals surface area contributed by atoms with Crippen molar-refractivity contribution < 1.29 is 27.8 Å². The third-order valence-electron chi connectivity index (χ3n) is 4.45. The molecule has 1 aromatic heterocycles. The van der Waals surface area contributed by atoms with Crippen molar-refractivity contribution in [3.05, 3.63) is 40.4 Å². The Labute approximate surface area is 164 Å². The number of alkyl halides is 3. The summed E-state index contributed by atoms with van der Waals surface area (Å²) in [5.74, 6) is 0.209. The molecular weight excluding hydrogens is 401 g/mol. The van der Waals surface area contributed by atoms with Crippen LogP contribution in [0.4, 0.5) is 13.2 Å². The summed E-state index contributed by atoms with van der Waals surface area (Å²) in [7, 11) is 0. The van der Waals surface area contributed by atoms with Crippen molar-refractivity contribution in [3.63, 3.8) is 0 Å². The molecule has 2 aromatic rings. The van der Waals surface area contributed by atoms with Gasteiger partial charge in [0.25, 0.3) is 0 Å². The van der Waals surface area contributed by atoms with Gasteiger partial charge in [0.1, 0.15) is 18.0 Å². The van der Waals surface area contributed by atoms with Gasteiger partial charge in [-0.05, 0) is 32.0 Å². The van der Waals surface area contributed by atoms with Gasteiger partial charge in [0.05, 0.1) is 30.1 Å². The number of ether oxygens (including phenoxy) is 2. The molecule has 7 nitrogen and oxygen atoms in total. The Kier molecular flexibility index (Phi) is 5.97. The first-order chi connectivity index (χ1) is 13.1. The maximum absolute atomic E-state index is 13.5. The molecule has 0 bridgehead atoms. The Morgan fingerprint density at radius 3 is 2.71 bits per heavy atom. The number of aliphatic hydroxyl groups is 1. The molecule has 0 amide bonds. The lowest BCUT2D eigenvalue weighted by Gasteiger charge is -2.37. The van der Waals surface area contributed by atoms with Crippen LogP contribution in [0.25, 0.3) is 5.69 Å². The van der Waals surface area contributed by atoms with Gasteiger partial charge in [0.2, 0.25) is 0 Å². The summed E-state index contributed by atoms with van der Waals surface area (Å²) in [5.41, 5.74) is 4.33. The summed E-state index contributed by atoms with van der Waals surface area (Å²) < 4.78 is 52.7. The van der Waals surface area contributed by atoms with E-state index in [4.69, 9.17) is 26.8 Å². The Morgan fingerprint density at radius 2 is 2.18 bits per heavy atom. The van der Waals surface area contributed by atoms with E-state index < -0.39 is 23.9 Å². The fraction of sp³-hybridized carbons (Fsp3) is 0.529. The van der Waals surface area contributed by atoms with Gasteiger partial charge in [-0.1, -0.05) is 11.6 Å². The number of rotatable bonds is 6. The van der Waals surface area contributed by atoms with Gasteiger partial charge in [-0.3, -0.25) is 0 Å². The van der Waals surface area contributed by atoms with Crippen molar-refractivity contribution in [1.82, 2.24) is 14.8 Å². The van der Waals surface area contributed by atoms with Gasteiger partial charge in [0, 0.05) is 11.6 Å². The first-order valence-corrected chi connectivity index (χ1v) is 8.95. The zero-order chi connectivity index (χ0) is 20.6. The van der Waals surface area contributed by atoms with Crippen molar-refractivity contribution in [3.8, 4) is 5.69 Å². The average Bonchev–Trinajstić information content (AvgIpc) is 3.00. The second-order valence-corrected chi connectivity index (χ2v) is 6.96. The van der Waals surface area contributed by atoms with Crippen LogP contribution in [-0.2, 0) is 15.7 Å². The molecule has 3 rings (SSSR count). The molecule has 4 atom stereocenters. The molecule has 1 aliphatic rings. The molecule has 1 saturated heterocycles. The third kappa shape index (κ3) is 4.15. The lowest BCUT2D eigenvalue weighted by Crippen LogP contribution is -2.47. The van der Waals surface area contributed by atoms with Crippen LogP contribution in [-0.4, -0.2) is 51.3 Å². The molecule has 3 N–H and O–H groups in total. The maximum Gasteiger partial charge on any atom is 0.418 e. The average molecular weight is 421 g/mol. The standard InChI is InChI=1S/C17H20ClF3N4O3/c1-8-14(7-27-8)28-15(13(26)6-22)16-23-9(2)24-25(16)12-5-10(18)3-4-11(12)17(19,20)21/h3-5,8,13-15,26H,6-7,22H2,1-2H3/t8?,13-,14?,15?/m0/s1. The van der Waals surface area contributed by atoms with E-state index in [2.05, 4.69) is 10.1 Å². The quantitative estimate of drug-likeness (QED) is 0.745. The number of aliphatic hydroxyl groups excluding tert-OH is 1. The highest BCUT2D eigenvalue weighted by Crippen LogP contribution is 2.37. The monoisotopic (exact) mass is 420 g/mol. The number of hydrogen-bond acceptors (Lipinski definition) is 6. The first kappa shape index (κ1) is 21.0. The molecule has 11 heteroatoms. The van der Waals surface area contributed by atoms with Gasteiger partial charge in [-0.25, -0.2) is 9.67 Å². The molecule has 2 heterocycles. The second kappa shape index (κ2) is 7.96. The van der Waals surface area contributed by atoms with Crippen molar-refractivity contribution in [2.24, 2.45) is 5.73 Å². The van der Waals surface area contributed by atoms with Crippen LogP contribution in [0, 0.1) is 6.92 Å². The minimum atomic E-state index is -4.64. The van der Waals surface area contributed by atoms with Gasteiger partial charge in [-0.15, -0.1) is 0 Å². The van der Waals surface area contributed by atoms with Crippen molar-refractivity contribution in [1.29, 1.82) is 0 Å². The van der Waals surface area contributed by atoms with Crippen molar-refractivity contribution in [2.45, 2.75) is 44.4 Å². The number of halogens is 4. The largest absolute Gasteiger partial charge is 0.418 e. The molecule has 0 saturated carbocycles. The van der Waals surface area contributed by atoms with Gasteiger partial charge in [-0.2, -0.15) is 18.3 Å². The highest BCUT2D eigenvalue weighted by Gasteiger charge is 2.39. The van der Waals surface area contributed by atoms with E-state index in [1.165, 1.54) is 6.92 Å². The van der Waals surface area contributed by atoms with E-state index in [0.29, 0.717) is 6.61 Å². The predicted octanol–water partition coefficient (Wildman–Crippen LogP) is 2.41. The van der Waals surface area contributed by atoms with E-state index in [1.54, 1.807) is 6.92 Å². The number of benzene rings is 1. The van der Waals surface area contributed by atoms with Crippen LogP contribution < -0.4 is 5.73 Å². The van der Waals surface area contributed by atoms with Crippen LogP contribution in [0.1, 0.15) is 30.2 Å². The van der Waals surface area contributed by atoms with E-state index in [-0.39, 0.29) is 41.1 Å². The zero-order valence-electron chi connectivity index (χ0n) is 15.2. The highest BCUT2D eigenvalue weighted by atomic mass is 35.5. The van der Waals surface area contributed by atoms with Crippen molar-refractivity contribution >= 4 is 11.6 Å². The van der Waals surface area contributed by atoms with Crippen LogP contribution in [0.15, 0.2) is 18.2 Å². The SMILES string of the molecule is Cc1nc(C(OC2COC2C)[C@@H](O)CN)n(-c2cc(Cl)ccc2C(F)(F)F)n1. The molecular formula is C17H20ClF3N4O3. The fourth-order valence-electron chi connectivity index (χ4n) is 2.87. The van der Waals surface area contributed by atoms with E-state index in [9.17, 15) is 18.3 Å². The van der Waals surface area contributed by atoms with Crippen LogP contribution in [0.2, 0.25) is 5.02 Å². The third-order valence-corrected chi connectivity index (χ3v) is 4.68. The molecule has 3 unspecified atom stereocenters. The summed E-state index contributed by atoms with van der Waals surface area (Å²) in [6.07, 6.45) is -7.51. The molecule has 1 aliphatic heterocycles. The Hall–Kier alpha value is -1.72. The highest BCUT2D eigenvalue weighted by molar-refractivity contribution is 6.30. The van der Waals surface area contributed by atoms with Crippen LogP contribution >= 0.6 is 11.6 Å². The maximum atomic E-state index is 13.5. The van der Waals surface area contributed by atoms with Crippen LogP contribution in [0.5, 0.6) is 0 Å². The van der Waals surface area contributed by atoms with Crippen molar-refractivity contribution in [2.75, 3.05) is 13.2 Å². The Balaban J connectivity index is 2.11. The minimum absolute atomic E-state index is 0.00215. The Morgan fingerprint density at radius 1 is 1.46 bits per heavy atom. The molecule has 28 heavy (non-hydrogen) atoms. The van der Waals surface area contributed by atoms with Crippen LogP contribution in [0.3, 0.4) is 0 Å². The molecule has 0 radical (unpaired) electrons. The van der Waals surface area contributed by atoms with Gasteiger partial charge in [0.15, 0.2) is 5.82 Å². The van der Waals surface area contributed by atoms with E-state index >= 15 is 0 Å². The topological polar surface area (TPSA) is 95.4 Å². The normalized spacial score (nSPS) is 22.0. The summed E-state index contributed by atoms with van der Waals surface area (Å²) in [5, 5.41) is 14.6. The van der Waals surface area contributed by atoms with E-state index in [1.807, 2.05) is 0 Å². The van der Waals surface area contributed by atoms with Gasteiger partial charge < -0.3 is 20.3 Å². The molecule has 154 valence electrons. The number of nitrogens with two attached hydrogens (primary N) is 1. The second-order valence-electron chi connectivity index (χ2n) is 6.52. The molecule has 1 aromatic carbocycles. The zero-order valence-corrected chi connectivity index (χ0v) is 15.9. The number of nitrogens with zero attached hydrogens (tertiary/aromatic N) is 3. The molecule has 0 aliphatic carbocycles. The summed E-state index contributed by atoms with van der Waals surface area (Å²) in [6.45, 7) is 3.43. The lowest BCUT2D eigenvalue weighted by atomic mass is 10.1. The first-order valence-electron chi connectivity index (χ1n) is 8.57. The molecule has 1 fully saturated rings. The predicted molar refractivity (Wildman–Crippen MR) is 94.2 cm³/mol. The fourth-order valence-corrected chi connectivity index (χ4v) is 3.03. The Bertz CT molecular complexity index is 846. The summed E-state index contributed by atoms with van der Waals surface area (Å²) >= 11 is 5.93. The number of aryl methyl sites for hydroxylation is 1. The molecule has 0 spiro atoms. The van der Waals surface area contributed by atoms with Gasteiger partial charge >= 0.3 is 6.18 Å².